The number of unbranched alkanes of at least 4 members (excludes halogenated alkanes) is 4. The van der Waals surface area contributed by atoms with Crippen LogP contribution in [0.3, 0.4) is 0 Å². The van der Waals surface area contributed by atoms with Gasteiger partial charge in [0.1, 0.15) is 24.2 Å². The summed E-state index contributed by atoms with van der Waals surface area (Å²) in [7, 11) is 2.59. The molecule has 2 aromatic carbocycles. The molecule has 1 heterocycles. The molecule has 0 unspecified atom stereocenters. The maximum atomic E-state index is 10.4. The second kappa shape index (κ2) is 13.6. The quantitative estimate of drug-likeness (QED) is 0.172. The lowest BCUT2D eigenvalue weighted by atomic mass is 10.1. The predicted octanol–water partition coefficient (Wildman–Crippen LogP) is 4.21. The third kappa shape index (κ3) is 7.09. The molecule has 33 heavy (non-hydrogen) atoms. The number of aromatic hydroxyl groups is 1. The molecule has 1 aromatic heterocycles. The molecule has 0 saturated carbocycles. The summed E-state index contributed by atoms with van der Waals surface area (Å²) in [6, 6.07) is 8.59. The Hall–Kier alpha value is -3.83. The number of carbonyl (C=O) groups is 1. The van der Waals surface area contributed by atoms with Gasteiger partial charge in [-0.3, -0.25) is 0 Å². The maximum absolute atomic E-state index is 10.4. The molecule has 8 heteroatoms. The first-order valence-electron chi connectivity index (χ1n) is 10.6. The topological polar surface area (TPSA) is 114 Å². The highest BCUT2D eigenvalue weighted by Crippen LogP contribution is 2.35. The summed E-state index contributed by atoms with van der Waals surface area (Å²) in [5.41, 5.74) is 1.79. The Labute approximate surface area is 193 Å². The molecule has 3 rings (SSSR count). The molecule has 0 fully saturated rings. The number of terminal acetylenes is 1. The molecule has 0 bridgehead atoms. The van der Waals surface area contributed by atoms with Crippen molar-refractivity contribution in [1.82, 2.24) is 9.97 Å². The second-order valence-corrected chi connectivity index (χ2v) is 6.96. The zero-order chi connectivity index (χ0) is 24.1. The Balaban J connectivity index is 0.00000187. The van der Waals surface area contributed by atoms with E-state index in [9.17, 15) is 9.90 Å². The number of nitrogens with one attached hydrogen (secondary N) is 1. The van der Waals surface area contributed by atoms with Gasteiger partial charge in [-0.25, -0.2) is 9.97 Å². The number of carbonyl (C=O) groups excluding carboxylic acids is 1. The third-order valence-electron chi connectivity index (χ3n) is 4.81. The molecule has 0 saturated heterocycles. The van der Waals surface area contributed by atoms with Crippen molar-refractivity contribution in [3.63, 3.8) is 0 Å². The molecule has 0 atom stereocenters. The van der Waals surface area contributed by atoms with Crippen molar-refractivity contribution in [2.75, 3.05) is 26.1 Å². The summed E-state index contributed by atoms with van der Waals surface area (Å²) in [6.07, 6.45) is 12.3. The highest BCUT2D eigenvalue weighted by atomic mass is 16.5. The fourth-order valence-corrected chi connectivity index (χ4v) is 3.17. The summed E-state index contributed by atoms with van der Waals surface area (Å²) in [5.74, 6) is 4.28. The Kier molecular flexibility index (Phi) is 10.4. The van der Waals surface area contributed by atoms with Gasteiger partial charge in [0.05, 0.1) is 24.8 Å². The molecule has 8 nitrogen and oxygen atoms in total. The van der Waals surface area contributed by atoms with Crippen LogP contribution in [0.2, 0.25) is 0 Å². The van der Waals surface area contributed by atoms with Crippen LogP contribution in [-0.2, 0) is 4.79 Å². The summed E-state index contributed by atoms with van der Waals surface area (Å²) in [5, 5.41) is 20.8. The van der Waals surface area contributed by atoms with Crippen LogP contribution in [0.4, 0.5) is 11.5 Å². The SMILES string of the molecule is C#Cc1cc(Nc2ncnc3cc(OC)c(OCCCCCCC=O)cc23)ccc1O.CO. The molecular formula is C25H29N3O5. The molecular weight excluding hydrogens is 422 g/mol. The van der Waals surface area contributed by atoms with Crippen LogP contribution in [0.1, 0.15) is 37.7 Å². The van der Waals surface area contributed by atoms with Gasteiger partial charge >= 0.3 is 0 Å². The van der Waals surface area contributed by atoms with E-state index in [1.807, 2.05) is 12.1 Å². The van der Waals surface area contributed by atoms with Crippen LogP contribution in [0.5, 0.6) is 17.2 Å². The van der Waals surface area contributed by atoms with Crippen molar-refractivity contribution in [2.24, 2.45) is 0 Å². The lowest BCUT2D eigenvalue weighted by molar-refractivity contribution is -0.107. The normalized spacial score (nSPS) is 10.0. The van der Waals surface area contributed by atoms with Gasteiger partial charge < -0.3 is 29.8 Å². The molecule has 0 aliphatic rings. The average Bonchev–Trinajstić information content (AvgIpc) is 2.85. The van der Waals surface area contributed by atoms with Crippen LogP contribution in [0.15, 0.2) is 36.7 Å². The number of benzene rings is 2. The lowest BCUT2D eigenvalue weighted by Gasteiger charge is -2.14. The molecule has 3 N–H and O–H groups in total. The fraction of sp³-hybridized carbons (Fsp3) is 0.320. The number of hydrogen-bond acceptors (Lipinski definition) is 8. The highest BCUT2D eigenvalue weighted by Gasteiger charge is 2.12. The lowest BCUT2D eigenvalue weighted by Crippen LogP contribution is -2.01. The summed E-state index contributed by atoms with van der Waals surface area (Å²) in [4.78, 5) is 19.1. The number of anilines is 2. The van der Waals surface area contributed by atoms with E-state index in [-0.39, 0.29) is 5.75 Å². The van der Waals surface area contributed by atoms with Crippen LogP contribution in [0, 0.1) is 12.3 Å². The number of aliphatic hydroxyl groups excluding tert-OH is 1. The van der Waals surface area contributed by atoms with Crippen LogP contribution >= 0.6 is 0 Å². The molecule has 0 spiro atoms. The molecule has 0 amide bonds. The first-order chi connectivity index (χ1) is 16.2. The third-order valence-corrected chi connectivity index (χ3v) is 4.81. The number of phenolic OH excluding ortho intramolecular Hbond substituents is 1. The Morgan fingerprint density at radius 2 is 1.88 bits per heavy atom. The van der Waals surface area contributed by atoms with Gasteiger partial charge in [-0.1, -0.05) is 18.8 Å². The van der Waals surface area contributed by atoms with E-state index in [1.165, 1.54) is 12.4 Å². The molecule has 174 valence electrons. The monoisotopic (exact) mass is 451 g/mol. The fourth-order valence-electron chi connectivity index (χ4n) is 3.17. The smallest absolute Gasteiger partial charge is 0.162 e. The Bertz CT molecular complexity index is 1100. The van der Waals surface area contributed by atoms with E-state index >= 15 is 0 Å². The minimum atomic E-state index is 0.0483. The number of fused-ring (bicyclic) bond motifs is 1. The number of nitrogens with zero attached hydrogens (tertiary/aromatic N) is 2. The number of aliphatic hydroxyl groups is 1. The number of rotatable bonds is 11. The standard InChI is InChI=1S/C24H25N3O4.CH4O/c1-3-17-13-18(9-10-21(17)29)27-24-19-14-23(31-12-8-6-4-5-7-11-28)22(30-2)15-20(19)25-16-26-24;1-2/h1,9-11,13-16,29H,4-8,12H2,2H3,(H,25,26,27);2H,1H3. The van der Waals surface area contributed by atoms with Crippen molar-refractivity contribution in [1.29, 1.82) is 0 Å². The predicted molar refractivity (Wildman–Crippen MR) is 128 cm³/mol. The zero-order valence-corrected chi connectivity index (χ0v) is 18.9. The van der Waals surface area contributed by atoms with Gasteiger partial charge in [-0.2, -0.15) is 0 Å². The summed E-state index contributed by atoms with van der Waals surface area (Å²) < 4.78 is 11.4. The summed E-state index contributed by atoms with van der Waals surface area (Å²) in [6.45, 7) is 0.545. The number of phenols is 1. The molecule has 0 aliphatic heterocycles. The van der Waals surface area contributed by atoms with Crippen LogP contribution < -0.4 is 14.8 Å². The second-order valence-electron chi connectivity index (χ2n) is 6.96. The van der Waals surface area contributed by atoms with Crippen molar-refractivity contribution in [3.05, 3.63) is 42.2 Å². The van der Waals surface area contributed by atoms with Crippen molar-refractivity contribution in [2.45, 2.75) is 32.1 Å². The molecule has 3 aromatic rings. The van der Waals surface area contributed by atoms with Gasteiger partial charge in [0.15, 0.2) is 11.5 Å². The van der Waals surface area contributed by atoms with E-state index in [0.29, 0.717) is 47.1 Å². The number of aromatic nitrogens is 2. The van der Waals surface area contributed by atoms with E-state index in [0.717, 1.165) is 44.5 Å². The van der Waals surface area contributed by atoms with E-state index in [2.05, 4.69) is 21.2 Å². The van der Waals surface area contributed by atoms with E-state index in [1.54, 1.807) is 19.2 Å². The van der Waals surface area contributed by atoms with Gasteiger partial charge in [0.25, 0.3) is 0 Å². The maximum Gasteiger partial charge on any atom is 0.162 e. The summed E-state index contributed by atoms with van der Waals surface area (Å²) >= 11 is 0. The molecule has 0 radical (unpaired) electrons. The van der Waals surface area contributed by atoms with Crippen LogP contribution in [-0.4, -0.2) is 47.3 Å². The van der Waals surface area contributed by atoms with Crippen molar-refractivity contribution < 1.29 is 24.5 Å². The number of methoxy groups -OCH3 is 1. The van der Waals surface area contributed by atoms with E-state index in [4.69, 9.17) is 21.0 Å². The van der Waals surface area contributed by atoms with E-state index < -0.39 is 0 Å². The van der Waals surface area contributed by atoms with Crippen molar-refractivity contribution >= 4 is 28.7 Å². The Morgan fingerprint density at radius 1 is 1.09 bits per heavy atom. The first-order valence-corrected chi connectivity index (χ1v) is 10.6. The van der Waals surface area contributed by atoms with Gasteiger partial charge in [0, 0.05) is 30.7 Å². The van der Waals surface area contributed by atoms with Gasteiger partial charge in [-0.15, -0.1) is 6.42 Å². The number of hydrogen-bond donors (Lipinski definition) is 3. The minimum absolute atomic E-state index is 0.0483. The number of ether oxygens (including phenoxy) is 2. The first kappa shape index (κ1) is 25.4. The highest BCUT2D eigenvalue weighted by molar-refractivity contribution is 5.93. The minimum Gasteiger partial charge on any atom is -0.507 e. The Morgan fingerprint density at radius 3 is 2.61 bits per heavy atom. The van der Waals surface area contributed by atoms with Gasteiger partial charge in [-0.05, 0) is 37.1 Å². The number of aldehydes is 1. The molecule has 0 aliphatic carbocycles. The van der Waals surface area contributed by atoms with Crippen LogP contribution in [0.25, 0.3) is 10.9 Å². The zero-order valence-electron chi connectivity index (χ0n) is 18.9. The largest absolute Gasteiger partial charge is 0.507 e. The van der Waals surface area contributed by atoms with Crippen molar-refractivity contribution in [3.8, 4) is 29.6 Å². The average molecular weight is 452 g/mol. The van der Waals surface area contributed by atoms with Gasteiger partial charge in [0.2, 0.25) is 0 Å².